The largest absolute Gasteiger partial charge is 0.490 e. The lowest BCUT2D eigenvalue weighted by atomic mass is 9.99. The highest BCUT2D eigenvalue weighted by molar-refractivity contribution is 5.94. The second-order valence-corrected chi connectivity index (χ2v) is 3.74. The molecule has 0 saturated heterocycles. The Bertz CT molecular complexity index is 221. The standard InChI is InChI=1S/C10H17NO2/c1-7(2)8(11)6-9(12)10-4-3-5-13-10/h4,7-8H,3,5-6,11H2,1-2H3. The minimum Gasteiger partial charge on any atom is -0.490 e. The van der Waals surface area contributed by atoms with Gasteiger partial charge in [-0.1, -0.05) is 13.8 Å². The Hall–Kier alpha value is -0.830. The van der Waals surface area contributed by atoms with Crippen LogP contribution in [0.3, 0.4) is 0 Å². The summed E-state index contributed by atoms with van der Waals surface area (Å²) in [6, 6.07) is -0.0578. The summed E-state index contributed by atoms with van der Waals surface area (Å²) in [6.07, 6.45) is 3.08. The lowest BCUT2D eigenvalue weighted by molar-refractivity contribution is -0.119. The van der Waals surface area contributed by atoms with Crippen molar-refractivity contribution in [2.75, 3.05) is 6.61 Å². The molecular weight excluding hydrogens is 166 g/mol. The first-order valence-corrected chi connectivity index (χ1v) is 4.73. The zero-order valence-electron chi connectivity index (χ0n) is 8.25. The van der Waals surface area contributed by atoms with Gasteiger partial charge in [0.2, 0.25) is 0 Å². The Morgan fingerprint density at radius 2 is 2.38 bits per heavy atom. The maximum Gasteiger partial charge on any atom is 0.198 e. The van der Waals surface area contributed by atoms with Crippen LogP contribution in [-0.2, 0) is 9.53 Å². The third-order valence-corrected chi connectivity index (χ3v) is 2.26. The van der Waals surface area contributed by atoms with E-state index >= 15 is 0 Å². The zero-order valence-corrected chi connectivity index (χ0v) is 8.25. The number of rotatable bonds is 4. The first-order valence-electron chi connectivity index (χ1n) is 4.73. The molecule has 0 radical (unpaired) electrons. The minimum absolute atomic E-state index is 0.0405. The predicted molar refractivity (Wildman–Crippen MR) is 51.1 cm³/mol. The Labute approximate surface area is 78.9 Å². The topological polar surface area (TPSA) is 52.3 Å². The third-order valence-electron chi connectivity index (χ3n) is 2.26. The zero-order chi connectivity index (χ0) is 9.84. The van der Waals surface area contributed by atoms with Crippen molar-refractivity contribution in [3.63, 3.8) is 0 Å². The van der Waals surface area contributed by atoms with E-state index in [1.807, 2.05) is 19.9 Å². The van der Waals surface area contributed by atoms with Crippen molar-refractivity contribution in [3.05, 3.63) is 11.8 Å². The van der Waals surface area contributed by atoms with E-state index in [1.165, 1.54) is 0 Å². The van der Waals surface area contributed by atoms with Crippen LogP contribution in [-0.4, -0.2) is 18.4 Å². The molecule has 0 amide bonds. The fourth-order valence-corrected chi connectivity index (χ4v) is 1.16. The van der Waals surface area contributed by atoms with Crippen molar-refractivity contribution in [2.45, 2.75) is 32.7 Å². The van der Waals surface area contributed by atoms with Gasteiger partial charge in [0.15, 0.2) is 11.5 Å². The van der Waals surface area contributed by atoms with E-state index in [-0.39, 0.29) is 11.8 Å². The highest BCUT2D eigenvalue weighted by Gasteiger charge is 2.19. The molecule has 1 atom stereocenters. The first-order chi connectivity index (χ1) is 6.11. The van der Waals surface area contributed by atoms with Gasteiger partial charge >= 0.3 is 0 Å². The maximum absolute atomic E-state index is 11.5. The lowest BCUT2D eigenvalue weighted by Gasteiger charge is -2.14. The van der Waals surface area contributed by atoms with E-state index in [0.29, 0.717) is 24.7 Å². The molecule has 0 bridgehead atoms. The summed E-state index contributed by atoms with van der Waals surface area (Å²) in [6.45, 7) is 4.67. The number of carbonyl (C=O) groups excluding carboxylic acids is 1. The number of ketones is 1. The normalized spacial score (nSPS) is 18.3. The molecule has 74 valence electrons. The number of Topliss-reactive ketones (excluding diaryl/α,β-unsaturated/α-hetero) is 1. The van der Waals surface area contributed by atoms with Crippen LogP contribution in [0.4, 0.5) is 0 Å². The van der Waals surface area contributed by atoms with E-state index < -0.39 is 0 Å². The van der Waals surface area contributed by atoms with Gasteiger partial charge in [-0.25, -0.2) is 0 Å². The smallest absolute Gasteiger partial charge is 0.198 e. The maximum atomic E-state index is 11.5. The molecule has 1 aliphatic heterocycles. The monoisotopic (exact) mass is 183 g/mol. The Morgan fingerprint density at radius 1 is 1.69 bits per heavy atom. The Morgan fingerprint density at radius 3 is 2.85 bits per heavy atom. The number of carbonyl (C=O) groups is 1. The summed E-state index contributed by atoms with van der Waals surface area (Å²) in [5, 5.41) is 0. The number of allylic oxidation sites excluding steroid dienone is 1. The molecule has 0 fully saturated rings. The number of hydrogen-bond donors (Lipinski definition) is 1. The average molecular weight is 183 g/mol. The molecule has 3 nitrogen and oxygen atoms in total. The van der Waals surface area contributed by atoms with Gasteiger partial charge in [0.25, 0.3) is 0 Å². The number of hydrogen-bond acceptors (Lipinski definition) is 3. The van der Waals surface area contributed by atoms with Gasteiger partial charge in [0.1, 0.15) is 0 Å². The van der Waals surface area contributed by atoms with Crippen molar-refractivity contribution in [1.29, 1.82) is 0 Å². The predicted octanol–water partition coefficient (Wildman–Crippen LogP) is 1.23. The Balaban J connectivity index is 2.40. The molecule has 1 rings (SSSR count). The van der Waals surface area contributed by atoms with Crippen LogP contribution in [0, 0.1) is 5.92 Å². The van der Waals surface area contributed by atoms with Gasteiger partial charge in [0.05, 0.1) is 6.61 Å². The second kappa shape index (κ2) is 4.42. The SMILES string of the molecule is CC(C)C(N)CC(=O)C1=CCCO1. The fraction of sp³-hybridized carbons (Fsp3) is 0.700. The molecule has 0 aromatic heterocycles. The van der Waals surface area contributed by atoms with Crippen LogP contribution in [0.2, 0.25) is 0 Å². The summed E-state index contributed by atoms with van der Waals surface area (Å²) in [4.78, 5) is 11.5. The molecule has 0 aliphatic carbocycles. The van der Waals surface area contributed by atoms with Crippen LogP contribution in [0.1, 0.15) is 26.7 Å². The van der Waals surface area contributed by atoms with E-state index in [4.69, 9.17) is 10.5 Å². The molecule has 13 heavy (non-hydrogen) atoms. The highest BCUT2D eigenvalue weighted by Crippen LogP contribution is 2.14. The third kappa shape index (κ3) is 2.84. The summed E-state index contributed by atoms with van der Waals surface area (Å²) in [7, 11) is 0. The molecular formula is C10H17NO2. The summed E-state index contributed by atoms with van der Waals surface area (Å²) < 4.78 is 5.15. The molecule has 1 heterocycles. The average Bonchev–Trinajstić information content (AvgIpc) is 2.55. The summed E-state index contributed by atoms with van der Waals surface area (Å²) >= 11 is 0. The van der Waals surface area contributed by atoms with Crippen molar-refractivity contribution in [2.24, 2.45) is 11.7 Å². The van der Waals surface area contributed by atoms with Gasteiger partial charge < -0.3 is 10.5 Å². The molecule has 0 aromatic carbocycles. The van der Waals surface area contributed by atoms with E-state index in [1.54, 1.807) is 0 Å². The van der Waals surface area contributed by atoms with E-state index in [0.717, 1.165) is 6.42 Å². The van der Waals surface area contributed by atoms with Crippen molar-refractivity contribution in [1.82, 2.24) is 0 Å². The molecule has 1 aliphatic rings. The molecule has 3 heteroatoms. The molecule has 1 unspecified atom stereocenters. The minimum atomic E-state index is -0.0578. The van der Waals surface area contributed by atoms with Crippen molar-refractivity contribution >= 4 is 5.78 Å². The van der Waals surface area contributed by atoms with Crippen LogP contribution in [0.25, 0.3) is 0 Å². The summed E-state index contributed by atoms with van der Waals surface area (Å²) in [5.41, 5.74) is 5.78. The van der Waals surface area contributed by atoms with Crippen LogP contribution in [0.15, 0.2) is 11.8 Å². The quantitative estimate of drug-likeness (QED) is 0.713. The number of ether oxygens (including phenoxy) is 1. The highest BCUT2D eigenvalue weighted by atomic mass is 16.5. The second-order valence-electron chi connectivity index (χ2n) is 3.74. The fourth-order valence-electron chi connectivity index (χ4n) is 1.16. The molecule has 0 spiro atoms. The van der Waals surface area contributed by atoms with Gasteiger partial charge in [-0.15, -0.1) is 0 Å². The van der Waals surface area contributed by atoms with E-state index in [9.17, 15) is 4.79 Å². The molecule has 2 N–H and O–H groups in total. The lowest BCUT2D eigenvalue weighted by Crippen LogP contribution is -2.29. The number of nitrogens with two attached hydrogens (primary N) is 1. The van der Waals surface area contributed by atoms with Gasteiger partial charge in [-0.05, 0) is 12.0 Å². The first kappa shape index (κ1) is 10.3. The van der Waals surface area contributed by atoms with Gasteiger partial charge in [0, 0.05) is 18.9 Å². The van der Waals surface area contributed by atoms with E-state index in [2.05, 4.69) is 0 Å². The Kier molecular flexibility index (Phi) is 3.48. The van der Waals surface area contributed by atoms with Crippen molar-refractivity contribution in [3.8, 4) is 0 Å². The van der Waals surface area contributed by atoms with Gasteiger partial charge in [-0.3, -0.25) is 4.79 Å². The van der Waals surface area contributed by atoms with Crippen LogP contribution in [0.5, 0.6) is 0 Å². The van der Waals surface area contributed by atoms with Crippen LogP contribution >= 0.6 is 0 Å². The van der Waals surface area contributed by atoms with Crippen LogP contribution < -0.4 is 5.73 Å². The summed E-state index contributed by atoms with van der Waals surface area (Å²) in [5.74, 6) is 0.890. The van der Waals surface area contributed by atoms with Crippen molar-refractivity contribution < 1.29 is 9.53 Å². The molecule has 0 saturated carbocycles. The molecule has 0 aromatic rings. The van der Waals surface area contributed by atoms with Gasteiger partial charge in [-0.2, -0.15) is 0 Å².